The molecule has 1 N–H and O–H groups in total. The van der Waals surface area contributed by atoms with Crippen LogP contribution in [0.1, 0.15) is 37.1 Å². The monoisotopic (exact) mass is 506 g/mol. The minimum absolute atomic E-state index is 0. The molecule has 0 radical (unpaired) electrons. The number of rotatable bonds is 9. The Kier molecular flexibility index (Phi) is 9.82. The number of halogens is 1. The molecule has 1 aromatic rings. The van der Waals surface area contributed by atoms with Gasteiger partial charge in [0.2, 0.25) is 0 Å². The molecular formula is C20H35IN4OS. The molecule has 1 aromatic heterocycles. The molecule has 0 bridgehead atoms. The maximum Gasteiger partial charge on any atom is 0.193 e. The van der Waals surface area contributed by atoms with Crippen molar-refractivity contribution < 1.29 is 4.74 Å². The lowest BCUT2D eigenvalue weighted by molar-refractivity contribution is 0.115. The van der Waals surface area contributed by atoms with Crippen LogP contribution in [0.4, 0.5) is 0 Å². The fraction of sp³-hybridized carbons (Fsp3) is 0.750. The lowest BCUT2D eigenvalue weighted by atomic mass is 10.1. The van der Waals surface area contributed by atoms with Gasteiger partial charge < -0.3 is 15.0 Å². The number of nitrogens with zero attached hydrogens (tertiary/aromatic N) is 3. The van der Waals surface area contributed by atoms with Crippen molar-refractivity contribution >= 4 is 41.3 Å². The molecule has 0 aromatic carbocycles. The Bertz CT molecular complexity index is 590. The number of guanidine groups is 1. The summed E-state index contributed by atoms with van der Waals surface area (Å²) in [5.74, 6) is 1.82. The number of nitrogens with one attached hydrogen (secondary N) is 1. The van der Waals surface area contributed by atoms with Crippen molar-refractivity contribution in [2.24, 2.45) is 10.9 Å². The van der Waals surface area contributed by atoms with Gasteiger partial charge >= 0.3 is 0 Å². The number of hydrogen-bond donors (Lipinski definition) is 1. The molecule has 2 aliphatic rings. The lowest BCUT2D eigenvalue weighted by Crippen LogP contribution is -2.43. The Morgan fingerprint density at radius 2 is 2.30 bits per heavy atom. The van der Waals surface area contributed by atoms with E-state index in [0.29, 0.717) is 6.04 Å². The Balaban J connectivity index is 0.00000261. The van der Waals surface area contributed by atoms with Crippen LogP contribution >= 0.6 is 35.3 Å². The molecule has 1 atom stereocenters. The summed E-state index contributed by atoms with van der Waals surface area (Å²) in [6.07, 6.45) is 3.88. The summed E-state index contributed by atoms with van der Waals surface area (Å²) in [4.78, 5) is 11.2. The maximum absolute atomic E-state index is 5.77. The third kappa shape index (κ3) is 7.18. The quantitative estimate of drug-likeness (QED) is 0.241. The number of hydrogen-bond acceptors (Lipinski definition) is 4. The summed E-state index contributed by atoms with van der Waals surface area (Å²) in [5, 5.41) is 5.64. The van der Waals surface area contributed by atoms with Crippen LogP contribution in [-0.2, 0) is 17.7 Å². The Labute approximate surface area is 185 Å². The highest BCUT2D eigenvalue weighted by atomic mass is 127. The van der Waals surface area contributed by atoms with Crippen molar-refractivity contribution in [2.75, 3.05) is 46.4 Å². The van der Waals surface area contributed by atoms with Gasteiger partial charge in [-0.25, -0.2) is 0 Å². The maximum atomic E-state index is 5.77. The van der Waals surface area contributed by atoms with E-state index >= 15 is 0 Å². The number of thiophene rings is 1. The summed E-state index contributed by atoms with van der Waals surface area (Å²) < 4.78 is 5.77. The summed E-state index contributed by atoms with van der Waals surface area (Å²) in [5.41, 5.74) is 1.51. The van der Waals surface area contributed by atoms with E-state index in [-0.39, 0.29) is 24.0 Å². The van der Waals surface area contributed by atoms with Crippen molar-refractivity contribution in [1.29, 1.82) is 0 Å². The van der Waals surface area contributed by atoms with Crippen LogP contribution in [0.2, 0.25) is 0 Å². The molecule has 1 fully saturated rings. The minimum atomic E-state index is 0. The largest absolute Gasteiger partial charge is 0.379 e. The standard InChI is InChI=1S/C20H34N4OS.HI/c1-4-21-20(23(3)10-11-25-15-17-5-6-17)22-13-16(2)24-9-7-19-18(14-24)8-12-26-19;/h8,12,16-17H,4-7,9-11,13-15H2,1-3H3,(H,21,22);1H. The third-order valence-corrected chi connectivity index (χ3v) is 6.31. The number of likely N-dealkylation sites (N-methyl/N-ethyl adjacent to an activating group) is 1. The first-order chi connectivity index (χ1) is 12.7. The fourth-order valence-electron chi connectivity index (χ4n) is 3.29. The smallest absolute Gasteiger partial charge is 0.193 e. The molecule has 1 aliphatic carbocycles. The van der Waals surface area contributed by atoms with Gasteiger partial charge in [0, 0.05) is 50.8 Å². The Morgan fingerprint density at radius 3 is 3.04 bits per heavy atom. The van der Waals surface area contributed by atoms with Crippen LogP contribution in [0.3, 0.4) is 0 Å². The molecule has 7 heteroatoms. The fourth-order valence-corrected chi connectivity index (χ4v) is 4.18. The zero-order valence-corrected chi connectivity index (χ0v) is 20.1. The molecule has 1 aliphatic heterocycles. The number of fused-ring (bicyclic) bond motifs is 1. The van der Waals surface area contributed by atoms with E-state index in [9.17, 15) is 0 Å². The van der Waals surface area contributed by atoms with Gasteiger partial charge in [0.25, 0.3) is 0 Å². The molecule has 3 rings (SSSR count). The average Bonchev–Trinajstić information content (AvgIpc) is 3.35. The van der Waals surface area contributed by atoms with Gasteiger partial charge in [-0.3, -0.25) is 9.89 Å². The molecule has 27 heavy (non-hydrogen) atoms. The number of ether oxygens (including phenoxy) is 1. The SMILES string of the molecule is CCNC(=NCC(C)N1CCc2sccc2C1)N(C)CCOCC1CC1.I. The lowest BCUT2D eigenvalue weighted by Gasteiger charge is -2.32. The second kappa shape index (κ2) is 11.6. The van der Waals surface area contributed by atoms with E-state index in [1.165, 1.54) is 24.8 Å². The zero-order valence-electron chi connectivity index (χ0n) is 16.9. The molecule has 2 heterocycles. The molecule has 5 nitrogen and oxygen atoms in total. The highest BCUT2D eigenvalue weighted by Crippen LogP contribution is 2.28. The first-order valence-corrected chi connectivity index (χ1v) is 10.9. The second-order valence-corrected chi connectivity index (χ2v) is 8.57. The van der Waals surface area contributed by atoms with Gasteiger partial charge in [-0.15, -0.1) is 35.3 Å². The van der Waals surface area contributed by atoms with Crippen LogP contribution in [0.15, 0.2) is 16.4 Å². The molecule has 0 spiro atoms. The number of aliphatic imine (C=N–C) groups is 1. The first kappa shape index (κ1) is 22.9. The van der Waals surface area contributed by atoms with Crippen molar-refractivity contribution in [3.8, 4) is 0 Å². The molecular weight excluding hydrogens is 471 g/mol. The Hall–Kier alpha value is -0.380. The van der Waals surface area contributed by atoms with Gasteiger partial charge in [0.05, 0.1) is 13.2 Å². The molecule has 0 amide bonds. The van der Waals surface area contributed by atoms with Gasteiger partial charge in [-0.1, -0.05) is 0 Å². The topological polar surface area (TPSA) is 40.1 Å². The van der Waals surface area contributed by atoms with Crippen LogP contribution in [-0.4, -0.2) is 68.2 Å². The van der Waals surface area contributed by atoms with Crippen molar-refractivity contribution in [2.45, 2.75) is 45.7 Å². The summed E-state index contributed by atoms with van der Waals surface area (Å²) in [6.45, 7) is 10.9. The summed E-state index contributed by atoms with van der Waals surface area (Å²) >= 11 is 1.90. The molecule has 1 saturated carbocycles. The van der Waals surface area contributed by atoms with E-state index in [2.05, 4.69) is 47.5 Å². The molecule has 0 saturated heterocycles. The minimum Gasteiger partial charge on any atom is -0.379 e. The average molecular weight is 506 g/mol. The Morgan fingerprint density at radius 1 is 1.48 bits per heavy atom. The predicted octanol–water partition coefficient (Wildman–Crippen LogP) is 3.44. The van der Waals surface area contributed by atoms with E-state index in [1.54, 1.807) is 4.88 Å². The molecule has 1 unspecified atom stereocenters. The highest BCUT2D eigenvalue weighted by Gasteiger charge is 2.22. The van der Waals surface area contributed by atoms with Gasteiger partial charge in [-0.05, 0) is 56.0 Å². The van der Waals surface area contributed by atoms with E-state index in [1.807, 2.05) is 11.3 Å². The van der Waals surface area contributed by atoms with E-state index in [0.717, 1.165) is 57.8 Å². The van der Waals surface area contributed by atoms with Gasteiger partial charge in [0.15, 0.2) is 5.96 Å². The van der Waals surface area contributed by atoms with Crippen LogP contribution in [0, 0.1) is 5.92 Å². The van der Waals surface area contributed by atoms with Crippen LogP contribution in [0.25, 0.3) is 0 Å². The second-order valence-electron chi connectivity index (χ2n) is 7.57. The zero-order chi connectivity index (χ0) is 18.4. The van der Waals surface area contributed by atoms with Crippen molar-refractivity contribution in [3.63, 3.8) is 0 Å². The van der Waals surface area contributed by atoms with Gasteiger partial charge in [-0.2, -0.15) is 0 Å². The van der Waals surface area contributed by atoms with Crippen molar-refractivity contribution in [1.82, 2.24) is 15.1 Å². The predicted molar refractivity (Wildman–Crippen MR) is 125 cm³/mol. The normalized spacial score (nSPS) is 18.6. The van der Waals surface area contributed by atoms with Crippen LogP contribution in [0.5, 0.6) is 0 Å². The van der Waals surface area contributed by atoms with Crippen molar-refractivity contribution in [3.05, 3.63) is 21.9 Å². The van der Waals surface area contributed by atoms with E-state index < -0.39 is 0 Å². The highest BCUT2D eigenvalue weighted by molar-refractivity contribution is 14.0. The van der Waals surface area contributed by atoms with Crippen LogP contribution < -0.4 is 5.32 Å². The summed E-state index contributed by atoms with van der Waals surface area (Å²) in [7, 11) is 2.10. The third-order valence-electron chi connectivity index (χ3n) is 5.28. The first-order valence-electron chi connectivity index (χ1n) is 10.0. The van der Waals surface area contributed by atoms with Gasteiger partial charge in [0.1, 0.15) is 0 Å². The summed E-state index contributed by atoms with van der Waals surface area (Å²) in [6, 6.07) is 2.73. The molecule has 154 valence electrons. The van der Waals surface area contributed by atoms with E-state index in [4.69, 9.17) is 9.73 Å².